The molecular weight excluding hydrogens is 268 g/mol. The van der Waals surface area contributed by atoms with E-state index in [-0.39, 0.29) is 5.56 Å². The molecule has 2 N–H and O–H groups in total. The second-order valence-electron chi connectivity index (χ2n) is 4.78. The third kappa shape index (κ3) is 3.51. The summed E-state index contributed by atoms with van der Waals surface area (Å²) in [6.45, 7) is 4.06. The number of ether oxygens (including phenoxy) is 1. The highest BCUT2D eigenvalue weighted by atomic mass is 16.5. The van der Waals surface area contributed by atoms with Crippen LogP contribution < -0.4 is 10.1 Å². The van der Waals surface area contributed by atoms with Crippen LogP contribution in [0.3, 0.4) is 0 Å². The molecule has 0 saturated heterocycles. The first kappa shape index (κ1) is 14.8. The Kier molecular flexibility index (Phi) is 4.42. The molecule has 0 bridgehead atoms. The van der Waals surface area contributed by atoms with Gasteiger partial charge in [0.15, 0.2) is 0 Å². The summed E-state index contributed by atoms with van der Waals surface area (Å²) in [4.78, 5) is 15.6. The van der Waals surface area contributed by atoms with Crippen LogP contribution in [-0.4, -0.2) is 23.2 Å². The Labute approximate surface area is 123 Å². The van der Waals surface area contributed by atoms with Crippen LogP contribution in [0.2, 0.25) is 0 Å². The number of carboxylic acids is 1. The third-order valence-corrected chi connectivity index (χ3v) is 3.16. The van der Waals surface area contributed by atoms with Crippen molar-refractivity contribution >= 4 is 11.7 Å². The van der Waals surface area contributed by atoms with Crippen molar-refractivity contribution in [3.05, 3.63) is 52.8 Å². The Hall–Kier alpha value is -2.56. The lowest BCUT2D eigenvalue weighted by molar-refractivity contribution is 0.0696. The van der Waals surface area contributed by atoms with E-state index in [4.69, 9.17) is 4.74 Å². The maximum atomic E-state index is 11.4. The van der Waals surface area contributed by atoms with E-state index in [1.54, 1.807) is 20.1 Å². The Bertz CT molecular complexity index is 669. The minimum absolute atomic E-state index is 0.212. The molecule has 0 atom stereocenters. The summed E-state index contributed by atoms with van der Waals surface area (Å²) in [6, 6.07) is 9.38. The molecule has 2 aromatic rings. The van der Waals surface area contributed by atoms with Gasteiger partial charge in [-0.1, -0.05) is 12.1 Å². The SMILES string of the molecule is COc1cccc(CNc2cc(C)nc(C)c2C(=O)O)c1. The summed E-state index contributed by atoms with van der Waals surface area (Å²) < 4.78 is 5.18. The number of hydrogen-bond donors (Lipinski definition) is 2. The van der Waals surface area contributed by atoms with Gasteiger partial charge in [-0.3, -0.25) is 4.98 Å². The van der Waals surface area contributed by atoms with Gasteiger partial charge < -0.3 is 15.2 Å². The molecule has 5 nitrogen and oxygen atoms in total. The van der Waals surface area contributed by atoms with E-state index in [1.165, 1.54) is 0 Å². The van der Waals surface area contributed by atoms with E-state index in [1.807, 2.05) is 31.2 Å². The van der Waals surface area contributed by atoms with Gasteiger partial charge in [-0.05, 0) is 37.6 Å². The maximum absolute atomic E-state index is 11.4. The maximum Gasteiger partial charge on any atom is 0.339 e. The first-order valence-electron chi connectivity index (χ1n) is 6.59. The molecule has 0 saturated carbocycles. The Morgan fingerprint density at radius 2 is 2.10 bits per heavy atom. The second-order valence-corrected chi connectivity index (χ2v) is 4.78. The average molecular weight is 286 g/mol. The largest absolute Gasteiger partial charge is 0.497 e. The highest BCUT2D eigenvalue weighted by molar-refractivity contribution is 5.95. The lowest BCUT2D eigenvalue weighted by atomic mass is 10.1. The van der Waals surface area contributed by atoms with E-state index < -0.39 is 5.97 Å². The van der Waals surface area contributed by atoms with E-state index >= 15 is 0 Å². The zero-order valence-corrected chi connectivity index (χ0v) is 12.3. The van der Waals surface area contributed by atoms with Gasteiger partial charge in [0.1, 0.15) is 11.3 Å². The normalized spacial score (nSPS) is 10.2. The number of nitrogens with zero attached hydrogens (tertiary/aromatic N) is 1. The highest BCUT2D eigenvalue weighted by Gasteiger charge is 2.15. The number of rotatable bonds is 5. The Balaban J connectivity index is 2.25. The molecule has 0 aliphatic carbocycles. The molecule has 1 heterocycles. The molecular formula is C16H18N2O3. The number of pyridine rings is 1. The number of anilines is 1. The number of nitrogens with one attached hydrogen (secondary N) is 1. The van der Waals surface area contributed by atoms with Gasteiger partial charge in [-0.25, -0.2) is 4.79 Å². The fourth-order valence-electron chi connectivity index (χ4n) is 2.22. The monoisotopic (exact) mass is 286 g/mol. The minimum atomic E-state index is -0.979. The molecule has 1 aromatic carbocycles. The molecule has 0 aliphatic heterocycles. The molecule has 0 radical (unpaired) electrons. The van der Waals surface area contributed by atoms with Crippen molar-refractivity contribution in [3.8, 4) is 5.75 Å². The molecule has 0 aliphatic rings. The van der Waals surface area contributed by atoms with Crippen LogP contribution in [0.15, 0.2) is 30.3 Å². The van der Waals surface area contributed by atoms with Crippen molar-refractivity contribution in [3.63, 3.8) is 0 Å². The van der Waals surface area contributed by atoms with Gasteiger partial charge in [-0.15, -0.1) is 0 Å². The molecule has 110 valence electrons. The zero-order valence-electron chi connectivity index (χ0n) is 12.3. The zero-order chi connectivity index (χ0) is 15.4. The number of aryl methyl sites for hydroxylation is 2. The van der Waals surface area contributed by atoms with Gasteiger partial charge >= 0.3 is 5.97 Å². The number of benzene rings is 1. The van der Waals surface area contributed by atoms with Crippen LogP contribution in [-0.2, 0) is 6.54 Å². The Morgan fingerprint density at radius 1 is 1.33 bits per heavy atom. The summed E-state index contributed by atoms with van der Waals surface area (Å²) in [7, 11) is 1.62. The van der Waals surface area contributed by atoms with E-state index in [2.05, 4.69) is 10.3 Å². The molecule has 0 spiro atoms. The number of carbonyl (C=O) groups is 1. The summed E-state index contributed by atoms with van der Waals surface area (Å²) in [5.74, 6) is -0.206. The summed E-state index contributed by atoms with van der Waals surface area (Å²) in [6.07, 6.45) is 0. The predicted molar refractivity (Wildman–Crippen MR) is 81.0 cm³/mol. The molecule has 21 heavy (non-hydrogen) atoms. The van der Waals surface area contributed by atoms with Crippen molar-refractivity contribution in [2.24, 2.45) is 0 Å². The van der Waals surface area contributed by atoms with Crippen molar-refractivity contribution in [1.82, 2.24) is 4.98 Å². The van der Waals surface area contributed by atoms with Crippen LogP contribution in [0, 0.1) is 13.8 Å². The number of aromatic carboxylic acids is 1. The molecule has 0 fully saturated rings. The van der Waals surface area contributed by atoms with Crippen LogP contribution in [0.4, 0.5) is 5.69 Å². The highest BCUT2D eigenvalue weighted by Crippen LogP contribution is 2.21. The second kappa shape index (κ2) is 6.26. The number of hydrogen-bond acceptors (Lipinski definition) is 4. The molecule has 0 unspecified atom stereocenters. The quantitative estimate of drug-likeness (QED) is 0.884. The number of aromatic nitrogens is 1. The topological polar surface area (TPSA) is 71.5 Å². The number of carboxylic acid groups (broad SMARTS) is 1. The smallest absolute Gasteiger partial charge is 0.339 e. The standard InChI is InChI=1S/C16H18N2O3/c1-10-7-14(15(16(19)20)11(2)18-10)17-9-12-5-4-6-13(8-12)21-3/h4-8H,9H2,1-3H3,(H,17,18)(H,19,20). The van der Waals surface area contributed by atoms with Crippen molar-refractivity contribution < 1.29 is 14.6 Å². The molecule has 5 heteroatoms. The first-order valence-corrected chi connectivity index (χ1v) is 6.59. The van der Waals surface area contributed by atoms with Crippen LogP contribution in [0.5, 0.6) is 5.75 Å². The predicted octanol–water partition coefficient (Wildman–Crippen LogP) is 3.02. The molecule has 0 amide bonds. The third-order valence-electron chi connectivity index (χ3n) is 3.16. The molecule has 2 rings (SSSR count). The van der Waals surface area contributed by atoms with E-state index in [9.17, 15) is 9.90 Å². The van der Waals surface area contributed by atoms with Crippen molar-refractivity contribution in [1.29, 1.82) is 0 Å². The summed E-state index contributed by atoms with van der Waals surface area (Å²) in [5.41, 5.74) is 3.10. The average Bonchev–Trinajstić information content (AvgIpc) is 2.44. The first-order chi connectivity index (χ1) is 10.0. The van der Waals surface area contributed by atoms with Gasteiger partial charge in [0, 0.05) is 12.2 Å². The lowest BCUT2D eigenvalue weighted by Gasteiger charge is -2.13. The Morgan fingerprint density at radius 3 is 2.76 bits per heavy atom. The van der Waals surface area contributed by atoms with Gasteiger partial charge in [0.05, 0.1) is 18.5 Å². The van der Waals surface area contributed by atoms with Gasteiger partial charge in [0.25, 0.3) is 0 Å². The lowest BCUT2D eigenvalue weighted by Crippen LogP contribution is -2.10. The van der Waals surface area contributed by atoms with Crippen molar-refractivity contribution in [2.45, 2.75) is 20.4 Å². The minimum Gasteiger partial charge on any atom is -0.497 e. The van der Waals surface area contributed by atoms with Crippen LogP contribution in [0.25, 0.3) is 0 Å². The van der Waals surface area contributed by atoms with Gasteiger partial charge in [-0.2, -0.15) is 0 Å². The van der Waals surface area contributed by atoms with Crippen LogP contribution >= 0.6 is 0 Å². The fourth-order valence-corrected chi connectivity index (χ4v) is 2.22. The number of methoxy groups -OCH3 is 1. The fraction of sp³-hybridized carbons (Fsp3) is 0.250. The van der Waals surface area contributed by atoms with E-state index in [0.29, 0.717) is 17.9 Å². The van der Waals surface area contributed by atoms with Crippen molar-refractivity contribution in [2.75, 3.05) is 12.4 Å². The van der Waals surface area contributed by atoms with Crippen LogP contribution in [0.1, 0.15) is 27.3 Å². The van der Waals surface area contributed by atoms with Gasteiger partial charge in [0.2, 0.25) is 0 Å². The molecule has 1 aromatic heterocycles. The summed E-state index contributed by atoms with van der Waals surface area (Å²) >= 11 is 0. The van der Waals surface area contributed by atoms with E-state index in [0.717, 1.165) is 17.0 Å². The summed E-state index contributed by atoms with van der Waals surface area (Å²) in [5, 5.41) is 12.5.